The predicted molar refractivity (Wildman–Crippen MR) is 147 cm³/mol. The van der Waals surface area contributed by atoms with Gasteiger partial charge >= 0.3 is 23.9 Å². The minimum Gasteiger partial charge on any atom is -0.489 e. The van der Waals surface area contributed by atoms with E-state index >= 15 is 0 Å². The fourth-order valence-corrected chi connectivity index (χ4v) is 3.54. The van der Waals surface area contributed by atoms with Crippen molar-refractivity contribution in [3.63, 3.8) is 0 Å². The average molecular weight is 577 g/mol. The number of hydrogen-bond donors (Lipinski definition) is 0. The first-order valence-electron chi connectivity index (χ1n) is 12.6. The molecule has 0 atom stereocenters. The zero-order valence-electron chi connectivity index (χ0n) is 23.7. The van der Waals surface area contributed by atoms with Crippen molar-refractivity contribution >= 4 is 35.3 Å². The molecule has 0 amide bonds. The Morgan fingerprint density at radius 3 is 1.15 bits per heavy atom. The highest BCUT2D eigenvalue weighted by Crippen LogP contribution is 2.29. The lowest BCUT2D eigenvalue weighted by Crippen LogP contribution is -2.36. The summed E-state index contributed by atoms with van der Waals surface area (Å²) < 4.78 is 36.3. The van der Waals surface area contributed by atoms with E-state index in [-0.39, 0.29) is 52.6 Å². The van der Waals surface area contributed by atoms with Crippen molar-refractivity contribution in [3.8, 4) is 11.5 Å². The molecule has 2 rings (SSSR count). The van der Waals surface area contributed by atoms with E-state index in [1.807, 2.05) is 0 Å². The summed E-state index contributed by atoms with van der Waals surface area (Å²) in [7, 11) is 5.06. The lowest BCUT2D eigenvalue weighted by molar-refractivity contribution is -0.141. The lowest BCUT2D eigenvalue weighted by Gasteiger charge is -2.25. The molecule has 0 aliphatic rings. The second kappa shape index (κ2) is 17.9. The lowest BCUT2D eigenvalue weighted by atomic mass is 10.2. The Bertz CT molecular complexity index is 1020. The number of nitrogens with zero attached hydrogens (tertiary/aromatic N) is 2. The maximum Gasteiger partial charge on any atom is 0.325 e. The van der Waals surface area contributed by atoms with Gasteiger partial charge in [0.15, 0.2) is 0 Å². The van der Waals surface area contributed by atoms with E-state index in [1.165, 1.54) is 38.2 Å². The largest absolute Gasteiger partial charge is 0.489 e. The molecule has 224 valence electrons. The zero-order valence-corrected chi connectivity index (χ0v) is 23.7. The Morgan fingerprint density at radius 1 is 0.512 bits per heavy atom. The van der Waals surface area contributed by atoms with Gasteiger partial charge < -0.3 is 43.0 Å². The number of esters is 4. The number of methoxy groups -OCH3 is 4. The Kier molecular flexibility index (Phi) is 14.3. The zero-order chi connectivity index (χ0) is 30.0. The maximum absolute atomic E-state index is 11.9. The number of para-hydroxylation sites is 4. The van der Waals surface area contributed by atoms with Gasteiger partial charge in [0.25, 0.3) is 0 Å². The van der Waals surface area contributed by atoms with Crippen LogP contribution in [-0.4, -0.2) is 105 Å². The molecule has 0 aliphatic carbocycles. The maximum atomic E-state index is 11.9. The number of rotatable bonds is 18. The minimum atomic E-state index is -0.521. The number of carbonyl (C=O) groups excluding carboxylic acids is 4. The molecule has 0 unspecified atom stereocenters. The first-order valence-corrected chi connectivity index (χ1v) is 12.6. The summed E-state index contributed by atoms with van der Waals surface area (Å²) in [6.07, 6.45) is 0. The average Bonchev–Trinajstić information content (AvgIpc) is 2.99. The molecule has 0 fully saturated rings. The van der Waals surface area contributed by atoms with Crippen molar-refractivity contribution < 1.29 is 52.3 Å². The quantitative estimate of drug-likeness (QED) is 0.144. The van der Waals surface area contributed by atoms with Gasteiger partial charge in [0, 0.05) is 0 Å². The second-order valence-corrected chi connectivity index (χ2v) is 8.26. The monoisotopic (exact) mass is 576 g/mol. The normalized spacial score (nSPS) is 10.2. The SMILES string of the molecule is COC(=O)CN(CC(=O)OC)c1ccccc1OCCOCCOc1ccccc1N(CC(=O)OC)CC(=O)OC. The molecule has 0 saturated carbocycles. The Balaban J connectivity index is 1.92. The van der Waals surface area contributed by atoms with Crippen LogP contribution in [0.4, 0.5) is 11.4 Å². The number of hydrogen-bond acceptors (Lipinski definition) is 13. The van der Waals surface area contributed by atoms with Crippen LogP contribution in [0.3, 0.4) is 0 Å². The van der Waals surface area contributed by atoms with E-state index in [1.54, 1.807) is 48.5 Å². The highest BCUT2D eigenvalue weighted by molar-refractivity contribution is 5.83. The fraction of sp³-hybridized carbons (Fsp3) is 0.429. The van der Waals surface area contributed by atoms with Crippen LogP contribution in [0.1, 0.15) is 0 Å². The van der Waals surface area contributed by atoms with Crippen LogP contribution in [0.2, 0.25) is 0 Å². The third-order valence-electron chi connectivity index (χ3n) is 5.57. The van der Waals surface area contributed by atoms with Crippen LogP contribution in [0.25, 0.3) is 0 Å². The Labute approximate surface area is 238 Å². The van der Waals surface area contributed by atoms with E-state index < -0.39 is 23.9 Å². The summed E-state index contributed by atoms with van der Waals surface area (Å²) >= 11 is 0. The topological polar surface area (TPSA) is 139 Å². The van der Waals surface area contributed by atoms with Crippen LogP contribution in [0, 0.1) is 0 Å². The molecule has 0 aromatic heterocycles. The summed E-state index contributed by atoms with van der Waals surface area (Å²) in [5.41, 5.74) is 1.04. The van der Waals surface area contributed by atoms with Gasteiger partial charge in [0.1, 0.15) is 50.9 Å². The van der Waals surface area contributed by atoms with Gasteiger partial charge in [-0.3, -0.25) is 19.2 Å². The molecular formula is C28H36N2O11. The molecule has 41 heavy (non-hydrogen) atoms. The molecule has 2 aromatic carbocycles. The van der Waals surface area contributed by atoms with Gasteiger partial charge in [-0.05, 0) is 24.3 Å². The van der Waals surface area contributed by atoms with Crippen molar-refractivity contribution in [3.05, 3.63) is 48.5 Å². The molecule has 0 heterocycles. The highest BCUT2D eigenvalue weighted by Gasteiger charge is 2.21. The molecule has 0 aliphatic heterocycles. The molecular weight excluding hydrogens is 540 g/mol. The van der Waals surface area contributed by atoms with Crippen molar-refractivity contribution in [2.45, 2.75) is 0 Å². The second-order valence-electron chi connectivity index (χ2n) is 8.26. The number of anilines is 2. The third-order valence-corrected chi connectivity index (χ3v) is 5.57. The van der Waals surface area contributed by atoms with Crippen LogP contribution < -0.4 is 19.3 Å². The minimum absolute atomic E-state index is 0.169. The van der Waals surface area contributed by atoms with Gasteiger partial charge in [-0.15, -0.1) is 0 Å². The number of carbonyl (C=O) groups is 4. The van der Waals surface area contributed by atoms with Crippen molar-refractivity contribution in [2.24, 2.45) is 0 Å². The molecule has 0 N–H and O–H groups in total. The smallest absolute Gasteiger partial charge is 0.325 e. The molecule has 0 radical (unpaired) electrons. The number of ether oxygens (including phenoxy) is 7. The Morgan fingerprint density at radius 2 is 0.829 bits per heavy atom. The van der Waals surface area contributed by atoms with Crippen LogP contribution in [0.15, 0.2) is 48.5 Å². The summed E-state index contributed by atoms with van der Waals surface area (Å²) in [5.74, 6) is -1.19. The van der Waals surface area contributed by atoms with Gasteiger partial charge in [0.2, 0.25) is 0 Å². The van der Waals surface area contributed by atoms with E-state index in [4.69, 9.17) is 33.2 Å². The van der Waals surface area contributed by atoms with E-state index in [0.29, 0.717) is 22.9 Å². The van der Waals surface area contributed by atoms with E-state index in [9.17, 15) is 19.2 Å². The van der Waals surface area contributed by atoms with Crippen molar-refractivity contribution in [2.75, 3.05) is 90.8 Å². The van der Waals surface area contributed by atoms with Crippen LogP contribution >= 0.6 is 0 Å². The number of benzene rings is 2. The molecule has 13 heteroatoms. The summed E-state index contributed by atoms with van der Waals surface area (Å²) in [5, 5.41) is 0. The molecule has 0 spiro atoms. The molecule has 0 saturated heterocycles. The first kappa shape index (κ1) is 32.7. The van der Waals surface area contributed by atoms with Crippen molar-refractivity contribution in [1.29, 1.82) is 0 Å². The summed E-state index contributed by atoms with van der Waals surface area (Å²) in [6, 6.07) is 13.9. The molecule has 13 nitrogen and oxygen atoms in total. The van der Waals surface area contributed by atoms with Gasteiger partial charge in [-0.2, -0.15) is 0 Å². The van der Waals surface area contributed by atoms with Crippen molar-refractivity contribution in [1.82, 2.24) is 0 Å². The van der Waals surface area contributed by atoms with Gasteiger partial charge in [-0.1, -0.05) is 24.3 Å². The predicted octanol–water partition coefficient (Wildman–Crippen LogP) is 1.47. The molecule has 0 bridgehead atoms. The van der Waals surface area contributed by atoms with Crippen LogP contribution in [0.5, 0.6) is 11.5 Å². The van der Waals surface area contributed by atoms with E-state index in [0.717, 1.165) is 0 Å². The highest BCUT2D eigenvalue weighted by atomic mass is 16.6. The first-order chi connectivity index (χ1) is 19.8. The Hall–Kier alpha value is -4.52. The van der Waals surface area contributed by atoms with Gasteiger partial charge in [-0.25, -0.2) is 0 Å². The van der Waals surface area contributed by atoms with E-state index in [2.05, 4.69) is 0 Å². The standard InChI is InChI=1S/C28H36N2O11/c1-35-25(31)17-29(18-26(32)36-2)21-9-5-7-11-23(21)40-15-13-39-14-16-41-24-12-8-6-10-22(24)30(19-27(33)37-3)20-28(34)38-4/h5-12H,13-20H2,1-4H3. The van der Waals surface area contributed by atoms with Gasteiger partial charge in [0.05, 0.1) is 53.0 Å². The fourth-order valence-electron chi connectivity index (χ4n) is 3.54. The van der Waals surface area contributed by atoms with Crippen LogP contribution in [-0.2, 0) is 42.9 Å². The third kappa shape index (κ3) is 11.2. The molecule has 2 aromatic rings. The summed E-state index contributed by atoms with van der Waals surface area (Å²) in [6.45, 7) is 0.147. The summed E-state index contributed by atoms with van der Waals surface area (Å²) in [4.78, 5) is 50.6.